The molecule has 0 fully saturated rings. The van der Waals surface area contributed by atoms with E-state index >= 15 is 0 Å². The molecule has 4 aromatic carbocycles. The number of rotatable bonds is 11. The Labute approximate surface area is 231 Å². The number of carbonyl (C=O) groups excluding carboxylic acids is 1. The van der Waals surface area contributed by atoms with Gasteiger partial charge in [0.25, 0.3) is 0 Å². The Balaban J connectivity index is 1.86. The molecule has 4 rings (SSSR count). The number of esters is 1. The first-order valence-electron chi connectivity index (χ1n) is 13.8. The predicted molar refractivity (Wildman–Crippen MR) is 157 cm³/mol. The fourth-order valence-corrected chi connectivity index (χ4v) is 5.38. The van der Waals surface area contributed by atoms with E-state index in [0.717, 1.165) is 39.8 Å². The Bertz CT molecular complexity index is 1410. The summed E-state index contributed by atoms with van der Waals surface area (Å²) in [7, 11) is 1.42. The molecule has 0 amide bonds. The van der Waals surface area contributed by atoms with Crippen LogP contribution in [-0.4, -0.2) is 23.3 Å². The van der Waals surface area contributed by atoms with Crippen LogP contribution in [0.25, 0.3) is 0 Å². The molecule has 39 heavy (non-hydrogen) atoms. The van der Waals surface area contributed by atoms with Gasteiger partial charge in [-0.25, -0.2) is 0 Å². The Morgan fingerprint density at radius 1 is 0.718 bits per heavy atom. The zero-order chi connectivity index (χ0) is 27.8. The van der Waals surface area contributed by atoms with E-state index in [4.69, 9.17) is 4.74 Å². The minimum Gasteiger partial charge on any atom is -0.508 e. The molecule has 0 aliphatic rings. The number of carbonyl (C=O) groups is 1. The summed E-state index contributed by atoms with van der Waals surface area (Å²) in [6.45, 7) is 4.18. The number of methoxy groups -OCH3 is 1. The van der Waals surface area contributed by atoms with Crippen molar-refractivity contribution in [2.45, 2.75) is 58.3 Å². The van der Waals surface area contributed by atoms with Crippen LogP contribution >= 0.6 is 0 Å². The lowest BCUT2D eigenvalue weighted by Gasteiger charge is -2.25. The summed E-state index contributed by atoms with van der Waals surface area (Å²) in [6.07, 6.45) is 3.79. The molecule has 0 radical (unpaired) electrons. The van der Waals surface area contributed by atoms with Crippen LogP contribution in [0.2, 0.25) is 0 Å². The number of phenols is 2. The second-order valence-electron chi connectivity index (χ2n) is 10.1. The van der Waals surface area contributed by atoms with Crippen molar-refractivity contribution in [2.75, 3.05) is 7.11 Å². The Kier molecular flexibility index (Phi) is 9.43. The van der Waals surface area contributed by atoms with E-state index in [2.05, 4.69) is 49.4 Å². The molecule has 1 atom stereocenters. The van der Waals surface area contributed by atoms with Crippen LogP contribution in [0.3, 0.4) is 0 Å². The molecule has 0 spiro atoms. The molecule has 0 saturated carbocycles. The molecule has 0 aliphatic carbocycles. The van der Waals surface area contributed by atoms with Crippen molar-refractivity contribution >= 4 is 5.97 Å². The summed E-state index contributed by atoms with van der Waals surface area (Å²) in [5.41, 5.74) is 8.69. The summed E-state index contributed by atoms with van der Waals surface area (Å²) >= 11 is 0. The minimum absolute atomic E-state index is 0.126. The van der Waals surface area contributed by atoms with Gasteiger partial charge >= 0.3 is 5.97 Å². The minimum atomic E-state index is -0.255. The van der Waals surface area contributed by atoms with Crippen LogP contribution in [0, 0.1) is 0 Å². The quantitative estimate of drug-likeness (QED) is 0.200. The van der Waals surface area contributed by atoms with Crippen molar-refractivity contribution in [2.24, 2.45) is 0 Å². The number of benzene rings is 4. The number of aryl methyl sites for hydroxylation is 2. The largest absolute Gasteiger partial charge is 0.508 e. The second kappa shape index (κ2) is 13.1. The smallest absolute Gasteiger partial charge is 0.305 e. The maximum absolute atomic E-state index is 12.3. The van der Waals surface area contributed by atoms with Gasteiger partial charge in [-0.2, -0.15) is 0 Å². The first-order chi connectivity index (χ1) is 18.9. The predicted octanol–water partition coefficient (Wildman–Crippen LogP) is 7.49. The average molecular weight is 523 g/mol. The lowest BCUT2D eigenvalue weighted by molar-refractivity contribution is -0.140. The molecule has 2 N–H and O–H groups in total. The van der Waals surface area contributed by atoms with Crippen molar-refractivity contribution in [3.8, 4) is 11.5 Å². The summed E-state index contributed by atoms with van der Waals surface area (Å²) in [4.78, 5) is 12.3. The van der Waals surface area contributed by atoms with Gasteiger partial charge in [-0.1, -0.05) is 80.6 Å². The van der Waals surface area contributed by atoms with Crippen LogP contribution in [0.15, 0.2) is 84.9 Å². The highest BCUT2D eigenvalue weighted by Crippen LogP contribution is 2.39. The third-order valence-corrected chi connectivity index (χ3v) is 7.50. The van der Waals surface area contributed by atoms with E-state index in [-0.39, 0.29) is 24.1 Å². The van der Waals surface area contributed by atoms with Crippen molar-refractivity contribution in [1.82, 2.24) is 0 Å². The van der Waals surface area contributed by atoms with E-state index in [1.54, 1.807) is 6.07 Å². The van der Waals surface area contributed by atoms with Gasteiger partial charge in [-0.3, -0.25) is 4.79 Å². The highest BCUT2D eigenvalue weighted by Gasteiger charge is 2.24. The van der Waals surface area contributed by atoms with E-state index < -0.39 is 0 Å². The molecule has 4 heteroatoms. The van der Waals surface area contributed by atoms with Crippen molar-refractivity contribution in [3.63, 3.8) is 0 Å². The van der Waals surface area contributed by atoms with Crippen LogP contribution in [0.4, 0.5) is 0 Å². The van der Waals surface area contributed by atoms with Gasteiger partial charge in [0.15, 0.2) is 0 Å². The molecule has 0 saturated heterocycles. The monoisotopic (exact) mass is 522 g/mol. The molecule has 1 unspecified atom stereocenters. The van der Waals surface area contributed by atoms with Crippen LogP contribution < -0.4 is 0 Å². The number of phenolic OH excluding ortho intramolecular Hbond substituents is 2. The molecular weight excluding hydrogens is 484 g/mol. The number of ether oxygens (including phenoxy) is 1. The van der Waals surface area contributed by atoms with E-state index in [1.807, 2.05) is 43.3 Å². The molecule has 0 heterocycles. The standard InChI is InChI=1S/C35H38O4/c1-4-24-12-9-13-26(18-24)20-29-23-34(37)27(5-2)22-33(29)32(16-17-35(38)39-3)31-15-14-30(36)21-28(31)19-25-10-7-6-8-11-25/h6-15,18,21-23,32,36-37H,4-5,16-17,19-20H2,1-3H3. The topological polar surface area (TPSA) is 66.8 Å². The summed E-state index contributed by atoms with van der Waals surface area (Å²) < 4.78 is 5.01. The normalized spacial score (nSPS) is 11.8. The zero-order valence-electron chi connectivity index (χ0n) is 23.1. The number of aromatic hydroxyl groups is 2. The van der Waals surface area contributed by atoms with Gasteiger partial charge in [-0.15, -0.1) is 0 Å². The fourth-order valence-electron chi connectivity index (χ4n) is 5.38. The molecule has 0 aromatic heterocycles. The second-order valence-corrected chi connectivity index (χ2v) is 10.1. The highest BCUT2D eigenvalue weighted by atomic mass is 16.5. The summed E-state index contributed by atoms with van der Waals surface area (Å²) in [6, 6.07) is 28.3. The van der Waals surface area contributed by atoms with Gasteiger partial charge in [-0.05, 0) is 94.8 Å². The van der Waals surface area contributed by atoms with Gasteiger partial charge in [0, 0.05) is 12.3 Å². The Morgan fingerprint density at radius 2 is 1.41 bits per heavy atom. The van der Waals surface area contributed by atoms with Crippen LogP contribution in [0.1, 0.15) is 77.1 Å². The lowest BCUT2D eigenvalue weighted by Crippen LogP contribution is -2.12. The van der Waals surface area contributed by atoms with E-state index in [1.165, 1.54) is 18.2 Å². The number of hydrogen-bond donors (Lipinski definition) is 2. The maximum Gasteiger partial charge on any atom is 0.305 e. The first-order valence-corrected chi connectivity index (χ1v) is 13.8. The van der Waals surface area contributed by atoms with Crippen molar-refractivity contribution in [1.29, 1.82) is 0 Å². The van der Waals surface area contributed by atoms with Crippen molar-refractivity contribution < 1.29 is 19.7 Å². The summed E-state index contributed by atoms with van der Waals surface area (Å²) in [5.74, 6) is 0.131. The van der Waals surface area contributed by atoms with Crippen molar-refractivity contribution in [3.05, 3.63) is 129 Å². The van der Waals surface area contributed by atoms with Crippen LogP contribution in [0.5, 0.6) is 11.5 Å². The highest BCUT2D eigenvalue weighted by molar-refractivity contribution is 5.69. The summed E-state index contributed by atoms with van der Waals surface area (Å²) in [5, 5.41) is 21.3. The van der Waals surface area contributed by atoms with Gasteiger partial charge in [0.05, 0.1) is 7.11 Å². The molecule has 4 aromatic rings. The molecular formula is C35H38O4. The third-order valence-electron chi connectivity index (χ3n) is 7.50. The molecule has 0 bridgehead atoms. The Hall–Kier alpha value is -4.05. The molecule has 4 nitrogen and oxygen atoms in total. The number of hydrogen-bond acceptors (Lipinski definition) is 4. The van der Waals surface area contributed by atoms with Gasteiger partial charge in [0.1, 0.15) is 11.5 Å². The molecule has 0 aliphatic heterocycles. The lowest BCUT2D eigenvalue weighted by atomic mass is 9.79. The van der Waals surface area contributed by atoms with E-state index in [9.17, 15) is 15.0 Å². The van der Waals surface area contributed by atoms with Gasteiger partial charge in [0.2, 0.25) is 0 Å². The average Bonchev–Trinajstić information content (AvgIpc) is 2.95. The van der Waals surface area contributed by atoms with E-state index in [0.29, 0.717) is 31.4 Å². The zero-order valence-corrected chi connectivity index (χ0v) is 23.1. The van der Waals surface area contributed by atoms with Gasteiger partial charge < -0.3 is 14.9 Å². The SMILES string of the molecule is CCc1cccc(Cc2cc(O)c(CC)cc2C(CCC(=O)OC)c2ccc(O)cc2Cc2ccccc2)c1. The molecule has 202 valence electrons. The Morgan fingerprint density at radius 3 is 2.13 bits per heavy atom. The third kappa shape index (κ3) is 7.08. The first kappa shape index (κ1) is 28.0. The van der Waals surface area contributed by atoms with Crippen LogP contribution in [-0.2, 0) is 35.2 Å². The maximum atomic E-state index is 12.3. The fraction of sp³-hybridized carbons (Fsp3) is 0.286.